The molecule has 2 rings (SSSR count). The Morgan fingerprint density at radius 3 is 2.58 bits per heavy atom. The first-order chi connectivity index (χ1) is 5.66. The van der Waals surface area contributed by atoms with Gasteiger partial charge in [-0.1, -0.05) is 13.8 Å². The topological polar surface area (TPSA) is 20.2 Å². The molecule has 2 saturated carbocycles. The van der Waals surface area contributed by atoms with Gasteiger partial charge in [-0.15, -0.1) is 0 Å². The first-order valence-electron chi connectivity index (χ1n) is 5.27. The van der Waals surface area contributed by atoms with Crippen LogP contribution >= 0.6 is 0 Å². The highest BCUT2D eigenvalue weighted by atomic mass is 16.3. The molecule has 0 radical (unpaired) electrons. The third kappa shape index (κ3) is 1.02. The van der Waals surface area contributed by atoms with E-state index in [1.807, 2.05) is 0 Å². The maximum absolute atomic E-state index is 8.99. The van der Waals surface area contributed by atoms with Crippen LogP contribution in [0.15, 0.2) is 0 Å². The Morgan fingerprint density at radius 2 is 2.08 bits per heavy atom. The molecule has 12 heavy (non-hydrogen) atoms. The Kier molecular flexibility index (Phi) is 1.95. The average molecular weight is 168 g/mol. The Morgan fingerprint density at radius 1 is 1.33 bits per heavy atom. The molecule has 70 valence electrons. The van der Waals surface area contributed by atoms with E-state index in [1.54, 1.807) is 0 Å². The standard InChI is InChI=1S/C11H20O/c1-11(2)9-4-3-8(7-9)10(11)5-6-12/h8-10,12H,3-7H2,1-2H3. The van der Waals surface area contributed by atoms with E-state index in [0.717, 1.165) is 24.2 Å². The second-order valence-electron chi connectivity index (χ2n) is 5.21. The van der Waals surface area contributed by atoms with Crippen LogP contribution in [0.2, 0.25) is 0 Å². The Balaban J connectivity index is 2.12. The van der Waals surface area contributed by atoms with Crippen molar-refractivity contribution in [2.75, 3.05) is 6.61 Å². The van der Waals surface area contributed by atoms with Gasteiger partial charge in [0.25, 0.3) is 0 Å². The number of fused-ring (bicyclic) bond motifs is 2. The molecule has 2 bridgehead atoms. The average Bonchev–Trinajstić information content (AvgIpc) is 2.53. The number of aliphatic hydroxyl groups excluding tert-OH is 1. The molecule has 2 aliphatic rings. The van der Waals surface area contributed by atoms with E-state index in [1.165, 1.54) is 19.3 Å². The van der Waals surface area contributed by atoms with E-state index in [2.05, 4.69) is 13.8 Å². The third-order valence-corrected chi connectivity index (χ3v) is 4.49. The zero-order valence-corrected chi connectivity index (χ0v) is 8.21. The molecule has 1 heteroatoms. The molecule has 3 atom stereocenters. The van der Waals surface area contributed by atoms with Crippen LogP contribution < -0.4 is 0 Å². The van der Waals surface area contributed by atoms with Gasteiger partial charge in [-0.3, -0.25) is 0 Å². The number of rotatable bonds is 2. The minimum absolute atomic E-state index is 0.386. The maximum Gasteiger partial charge on any atom is 0.0433 e. The first kappa shape index (κ1) is 8.55. The van der Waals surface area contributed by atoms with Gasteiger partial charge in [0.2, 0.25) is 0 Å². The lowest BCUT2D eigenvalue weighted by molar-refractivity contribution is 0.0940. The van der Waals surface area contributed by atoms with E-state index in [-0.39, 0.29) is 0 Å². The molecule has 1 nitrogen and oxygen atoms in total. The molecule has 0 aromatic carbocycles. The lowest BCUT2D eigenvalue weighted by Gasteiger charge is -2.38. The summed E-state index contributed by atoms with van der Waals surface area (Å²) in [7, 11) is 0. The second-order valence-corrected chi connectivity index (χ2v) is 5.21. The third-order valence-electron chi connectivity index (χ3n) is 4.49. The molecule has 0 saturated heterocycles. The van der Waals surface area contributed by atoms with Crippen LogP contribution in [0, 0.1) is 23.2 Å². The minimum Gasteiger partial charge on any atom is -0.396 e. The molecule has 0 aliphatic heterocycles. The fraction of sp³-hybridized carbons (Fsp3) is 1.00. The van der Waals surface area contributed by atoms with Crippen molar-refractivity contribution in [2.24, 2.45) is 23.2 Å². The van der Waals surface area contributed by atoms with Gasteiger partial charge in [-0.25, -0.2) is 0 Å². The lowest BCUT2D eigenvalue weighted by atomic mass is 9.67. The van der Waals surface area contributed by atoms with Gasteiger partial charge in [-0.2, -0.15) is 0 Å². The van der Waals surface area contributed by atoms with Crippen molar-refractivity contribution in [1.82, 2.24) is 0 Å². The summed E-state index contributed by atoms with van der Waals surface area (Å²) in [4.78, 5) is 0. The minimum atomic E-state index is 0.386. The van der Waals surface area contributed by atoms with Crippen molar-refractivity contribution < 1.29 is 5.11 Å². The van der Waals surface area contributed by atoms with E-state index < -0.39 is 0 Å². The summed E-state index contributed by atoms with van der Waals surface area (Å²) in [6.45, 7) is 5.19. The maximum atomic E-state index is 8.99. The van der Waals surface area contributed by atoms with Crippen molar-refractivity contribution in [3.63, 3.8) is 0 Å². The lowest BCUT2D eigenvalue weighted by Crippen LogP contribution is -2.31. The van der Waals surface area contributed by atoms with Crippen molar-refractivity contribution in [2.45, 2.75) is 39.5 Å². The van der Waals surface area contributed by atoms with Crippen LogP contribution in [0.25, 0.3) is 0 Å². The van der Waals surface area contributed by atoms with Crippen LogP contribution in [0.3, 0.4) is 0 Å². The fourth-order valence-electron chi connectivity index (χ4n) is 3.71. The quantitative estimate of drug-likeness (QED) is 0.671. The van der Waals surface area contributed by atoms with E-state index >= 15 is 0 Å². The Labute approximate surface area is 75.2 Å². The molecule has 2 aliphatic carbocycles. The van der Waals surface area contributed by atoms with Gasteiger partial charge in [0.05, 0.1) is 0 Å². The Bertz CT molecular complexity index is 174. The van der Waals surface area contributed by atoms with Crippen LogP contribution in [0.1, 0.15) is 39.5 Å². The van der Waals surface area contributed by atoms with Crippen molar-refractivity contribution >= 4 is 0 Å². The van der Waals surface area contributed by atoms with Crippen molar-refractivity contribution in [3.8, 4) is 0 Å². The predicted octanol–water partition coefficient (Wildman–Crippen LogP) is 2.44. The van der Waals surface area contributed by atoms with Crippen LogP contribution in [0.4, 0.5) is 0 Å². The summed E-state index contributed by atoms with van der Waals surface area (Å²) < 4.78 is 0. The molecular weight excluding hydrogens is 148 g/mol. The summed E-state index contributed by atoms with van der Waals surface area (Å²) in [6.07, 6.45) is 5.35. The van der Waals surface area contributed by atoms with Crippen molar-refractivity contribution in [1.29, 1.82) is 0 Å². The summed E-state index contributed by atoms with van der Waals surface area (Å²) in [5.41, 5.74) is 0.519. The summed E-state index contributed by atoms with van der Waals surface area (Å²) in [6, 6.07) is 0. The highest BCUT2D eigenvalue weighted by molar-refractivity contribution is 5.01. The van der Waals surface area contributed by atoms with Gasteiger partial charge < -0.3 is 5.11 Å². The molecular formula is C11H20O. The summed E-state index contributed by atoms with van der Waals surface area (Å²) >= 11 is 0. The van der Waals surface area contributed by atoms with E-state index in [9.17, 15) is 0 Å². The van der Waals surface area contributed by atoms with Crippen LogP contribution in [0.5, 0.6) is 0 Å². The van der Waals surface area contributed by atoms with E-state index in [0.29, 0.717) is 12.0 Å². The zero-order chi connectivity index (χ0) is 8.77. The first-order valence-corrected chi connectivity index (χ1v) is 5.27. The second kappa shape index (κ2) is 2.73. The molecule has 2 fully saturated rings. The van der Waals surface area contributed by atoms with Gasteiger partial charge in [0.1, 0.15) is 0 Å². The molecule has 0 spiro atoms. The molecule has 1 N–H and O–H groups in total. The molecule has 0 heterocycles. The number of aliphatic hydroxyl groups is 1. The SMILES string of the molecule is CC1(C)C2CCC(C2)C1CCO. The monoisotopic (exact) mass is 168 g/mol. The number of hydrogen-bond donors (Lipinski definition) is 1. The number of hydrogen-bond acceptors (Lipinski definition) is 1. The Hall–Kier alpha value is -0.0400. The van der Waals surface area contributed by atoms with Crippen LogP contribution in [-0.4, -0.2) is 11.7 Å². The van der Waals surface area contributed by atoms with Gasteiger partial charge in [-0.05, 0) is 48.9 Å². The molecule has 3 unspecified atom stereocenters. The smallest absolute Gasteiger partial charge is 0.0433 e. The molecule has 0 amide bonds. The predicted molar refractivity (Wildman–Crippen MR) is 49.8 cm³/mol. The highest BCUT2D eigenvalue weighted by Crippen LogP contribution is 2.60. The van der Waals surface area contributed by atoms with E-state index in [4.69, 9.17) is 5.11 Å². The van der Waals surface area contributed by atoms with Crippen molar-refractivity contribution in [3.05, 3.63) is 0 Å². The molecule has 0 aromatic heterocycles. The van der Waals surface area contributed by atoms with Gasteiger partial charge in [0, 0.05) is 6.61 Å². The summed E-state index contributed by atoms with van der Waals surface area (Å²) in [5.74, 6) is 2.71. The van der Waals surface area contributed by atoms with Gasteiger partial charge in [0.15, 0.2) is 0 Å². The fourth-order valence-corrected chi connectivity index (χ4v) is 3.71. The highest BCUT2D eigenvalue weighted by Gasteiger charge is 2.51. The molecule has 0 aromatic rings. The summed E-state index contributed by atoms with van der Waals surface area (Å²) in [5, 5.41) is 8.99. The van der Waals surface area contributed by atoms with Gasteiger partial charge >= 0.3 is 0 Å². The van der Waals surface area contributed by atoms with Crippen LogP contribution in [-0.2, 0) is 0 Å². The zero-order valence-electron chi connectivity index (χ0n) is 8.21. The largest absolute Gasteiger partial charge is 0.396 e. The normalized spacial score (nSPS) is 43.8.